The zero-order valence-electron chi connectivity index (χ0n) is 8.61. The molecule has 0 aromatic heterocycles. The molecule has 0 heterocycles. The number of nitrogens with two attached hydrogens (primary N) is 1. The summed E-state index contributed by atoms with van der Waals surface area (Å²) in [6.45, 7) is 0.686. The summed E-state index contributed by atoms with van der Waals surface area (Å²) in [5.41, 5.74) is 1.43. The molecule has 1 aromatic carbocycles. The molecule has 0 aliphatic carbocycles. The Morgan fingerprint density at radius 2 is 1.64 bits per heavy atom. The third-order valence-electron chi connectivity index (χ3n) is 2.32. The van der Waals surface area contributed by atoms with Crippen molar-refractivity contribution < 1.29 is 4.84 Å². The minimum absolute atomic E-state index is 0.686. The fourth-order valence-electron chi connectivity index (χ4n) is 1.51. The van der Waals surface area contributed by atoms with E-state index in [1.54, 1.807) is 0 Å². The lowest BCUT2D eigenvalue weighted by Crippen LogP contribution is -2.00. The number of hydrogen-bond donors (Lipinski definition) is 1. The first-order valence-electron chi connectivity index (χ1n) is 5.29. The van der Waals surface area contributed by atoms with Crippen LogP contribution in [0.15, 0.2) is 30.3 Å². The van der Waals surface area contributed by atoms with Crippen molar-refractivity contribution in [3.05, 3.63) is 35.9 Å². The molecule has 0 bridgehead atoms. The molecule has 1 aromatic rings. The summed E-state index contributed by atoms with van der Waals surface area (Å²) < 4.78 is 0. The maximum absolute atomic E-state index is 4.93. The van der Waals surface area contributed by atoms with Crippen LogP contribution in [0.4, 0.5) is 0 Å². The van der Waals surface area contributed by atoms with Gasteiger partial charge in [-0.25, -0.2) is 5.90 Å². The highest BCUT2D eigenvalue weighted by Gasteiger charge is 1.92. The summed E-state index contributed by atoms with van der Waals surface area (Å²) in [6.07, 6.45) is 5.99. The van der Waals surface area contributed by atoms with Crippen molar-refractivity contribution in [2.45, 2.75) is 32.1 Å². The number of unbranched alkanes of at least 4 members (excludes halogenated alkanes) is 3. The molecule has 2 nitrogen and oxygen atoms in total. The smallest absolute Gasteiger partial charge is 0.0679 e. The fourth-order valence-corrected chi connectivity index (χ4v) is 1.51. The molecule has 78 valence electrons. The monoisotopic (exact) mass is 193 g/mol. The van der Waals surface area contributed by atoms with E-state index in [9.17, 15) is 0 Å². The van der Waals surface area contributed by atoms with Crippen LogP contribution in [-0.2, 0) is 11.3 Å². The first kappa shape index (κ1) is 11.2. The lowest BCUT2D eigenvalue weighted by molar-refractivity contribution is 0.133. The Bertz CT molecular complexity index is 223. The highest BCUT2D eigenvalue weighted by atomic mass is 16.6. The lowest BCUT2D eigenvalue weighted by atomic mass is 10.1. The van der Waals surface area contributed by atoms with Gasteiger partial charge < -0.3 is 4.84 Å². The van der Waals surface area contributed by atoms with Gasteiger partial charge in [0.1, 0.15) is 0 Å². The molecule has 0 fully saturated rings. The van der Waals surface area contributed by atoms with Crippen molar-refractivity contribution >= 4 is 0 Å². The molecule has 0 atom stereocenters. The number of rotatable bonds is 7. The highest BCUT2D eigenvalue weighted by molar-refractivity contribution is 5.14. The maximum atomic E-state index is 4.93. The van der Waals surface area contributed by atoms with Crippen molar-refractivity contribution in [2.24, 2.45) is 5.90 Å². The van der Waals surface area contributed by atoms with Crippen LogP contribution in [0.1, 0.15) is 31.2 Å². The zero-order valence-corrected chi connectivity index (χ0v) is 8.61. The van der Waals surface area contributed by atoms with Gasteiger partial charge in [0.15, 0.2) is 0 Å². The SMILES string of the molecule is NOCCCCCCc1ccccc1. The van der Waals surface area contributed by atoms with Crippen molar-refractivity contribution in [3.63, 3.8) is 0 Å². The van der Waals surface area contributed by atoms with E-state index >= 15 is 0 Å². The number of hydrogen-bond acceptors (Lipinski definition) is 2. The summed E-state index contributed by atoms with van der Waals surface area (Å²) in [5.74, 6) is 4.93. The van der Waals surface area contributed by atoms with E-state index in [0.717, 1.165) is 6.42 Å². The standard InChI is InChI=1S/C12H19NO/c13-14-11-7-2-1-4-8-12-9-5-3-6-10-12/h3,5-6,9-10H,1-2,4,7-8,11,13H2. The molecule has 0 spiro atoms. The van der Waals surface area contributed by atoms with E-state index in [1.165, 1.54) is 31.2 Å². The van der Waals surface area contributed by atoms with Crippen molar-refractivity contribution in [3.8, 4) is 0 Å². The predicted molar refractivity (Wildman–Crippen MR) is 58.8 cm³/mol. The Morgan fingerprint density at radius 3 is 2.36 bits per heavy atom. The third-order valence-corrected chi connectivity index (χ3v) is 2.32. The molecule has 0 aliphatic rings. The molecule has 0 saturated heterocycles. The molecule has 14 heavy (non-hydrogen) atoms. The molecule has 0 aliphatic heterocycles. The number of aryl methyl sites for hydroxylation is 1. The summed E-state index contributed by atoms with van der Waals surface area (Å²) >= 11 is 0. The van der Waals surface area contributed by atoms with Crippen molar-refractivity contribution in [1.82, 2.24) is 0 Å². The molecule has 1 rings (SSSR count). The Balaban J connectivity index is 1.99. The lowest BCUT2D eigenvalue weighted by Gasteiger charge is -2.01. The molecule has 0 saturated carbocycles. The molecule has 0 amide bonds. The molecule has 2 heteroatoms. The van der Waals surface area contributed by atoms with Gasteiger partial charge in [0.25, 0.3) is 0 Å². The maximum Gasteiger partial charge on any atom is 0.0679 e. The van der Waals surface area contributed by atoms with Crippen LogP contribution in [-0.4, -0.2) is 6.61 Å². The minimum Gasteiger partial charge on any atom is -0.305 e. The second kappa shape index (κ2) is 7.54. The Labute approximate surface area is 86.0 Å². The van der Waals surface area contributed by atoms with Gasteiger partial charge in [0, 0.05) is 0 Å². The van der Waals surface area contributed by atoms with E-state index < -0.39 is 0 Å². The average molecular weight is 193 g/mol. The third kappa shape index (κ3) is 5.00. The highest BCUT2D eigenvalue weighted by Crippen LogP contribution is 2.07. The van der Waals surface area contributed by atoms with E-state index in [4.69, 9.17) is 5.90 Å². The van der Waals surface area contributed by atoms with Crippen LogP contribution in [0.2, 0.25) is 0 Å². The van der Waals surface area contributed by atoms with E-state index in [0.29, 0.717) is 6.61 Å². The first-order chi connectivity index (χ1) is 6.93. The quantitative estimate of drug-likeness (QED) is 0.533. The summed E-state index contributed by atoms with van der Waals surface area (Å²) in [5, 5.41) is 0. The van der Waals surface area contributed by atoms with E-state index in [1.807, 2.05) is 0 Å². The van der Waals surface area contributed by atoms with Crippen molar-refractivity contribution in [1.29, 1.82) is 0 Å². The van der Waals surface area contributed by atoms with Gasteiger partial charge in [-0.1, -0.05) is 43.2 Å². The van der Waals surface area contributed by atoms with Gasteiger partial charge in [-0.05, 0) is 24.8 Å². The summed E-state index contributed by atoms with van der Waals surface area (Å²) in [7, 11) is 0. The molecule has 0 radical (unpaired) electrons. The number of benzene rings is 1. The van der Waals surface area contributed by atoms with Crippen LogP contribution >= 0.6 is 0 Å². The topological polar surface area (TPSA) is 35.2 Å². The van der Waals surface area contributed by atoms with Crippen molar-refractivity contribution in [2.75, 3.05) is 6.61 Å². The predicted octanol–water partition coefficient (Wildman–Crippen LogP) is 2.68. The molecule has 2 N–H and O–H groups in total. The van der Waals surface area contributed by atoms with Crippen LogP contribution in [0, 0.1) is 0 Å². The van der Waals surface area contributed by atoms with Gasteiger partial charge in [-0.15, -0.1) is 0 Å². The Morgan fingerprint density at radius 1 is 0.929 bits per heavy atom. The van der Waals surface area contributed by atoms with E-state index in [-0.39, 0.29) is 0 Å². The molecular formula is C12H19NO. The van der Waals surface area contributed by atoms with Gasteiger partial charge >= 0.3 is 0 Å². The zero-order chi connectivity index (χ0) is 10.1. The molecule has 0 unspecified atom stereocenters. The average Bonchev–Trinajstić information content (AvgIpc) is 2.25. The van der Waals surface area contributed by atoms with Crippen LogP contribution in [0.25, 0.3) is 0 Å². The Kier molecular flexibility index (Phi) is 6.04. The van der Waals surface area contributed by atoms with Gasteiger partial charge in [-0.2, -0.15) is 0 Å². The van der Waals surface area contributed by atoms with Crippen LogP contribution in [0.3, 0.4) is 0 Å². The van der Waals surface area contributed by atoms with Gasteiger partial charge in [0.05, 0.1) is 6.61 Å². The van der Waals surface area contributed by atoms with Crippen LogP contribution in [0.5, 0.6) is 0 Å². The Hall–Kier alpha value is -0.860. The first-order valence-corrected chi connectivity index (χ1v) is 5.29. The largest absolute Gasteiger partial charge is 0.305 e. The summed E-state index contributed by atoms with van der Waals surface area (Å²) in [6, 6.07) is 10.6. The minimum atomic E-state index is 0.686. The van der Waals surface area contributed by atoms with Gasteiger partial charge in [-0.3, -0.25) is 0 Å². The van der Waals surface area contributed by atoms with Crippen LogP contribution < -0.4 is 5.90 Å². The fraction of sp³-hybridized carbons (Fsp3) is 0.500. The second-order valence-corrected chi connectivity index (χ2v) is 3.52. The summed E-state index contributed by atoms with van der Waals surface area (Å²) in [4.78, 5) is 4.51. The van der Waals surface area contributed by atoms with Gasteiger partial charge in [0.2, 0.25) is 0 Å². The normalized spacial score (nSPS) is 10.4. The second-order valence-electron chi connectivity index (χ2n) is 3.52. The van der Waals surface area contributed by atoms with E-state index in [2.05, 4.69) is 35.2 Å². The molecular weight excluding hydrogens is 174 g/mol.